The van der Waals surface area contributed by atoms with Crippen LogP contribution in [0.15, 0.2) is 30.6 Å². The molecule has 1 aliphatic rings. The summed E-state index contributed by atoms with van der Waals surface area (Å²) in [4.78, 5) is 32.7. The summed E-state index contributed by atoms with van der Waals surface area (Å²) in [6, 6.07) is 4.70. The largest absolute Gasteiger partial charge is 0.424 e. The van der Waals surface area contributed by atoms with Crippen LogP contribution in [0.2, 0.25) is 5.02 Å². The van der Waals surface area contributed by atoms with Gasteiger partial charge in [-0.25, -0.2) is 14.8 Å². The number of hydrogen-bond acceptors (Lipinski definition) is 7. The fourth-order valence-corrected chi connectivity index (χ4v) is 3.56. The maximum Gasteiger partial charge on any atom is 0.325 e. The van der Waals surface area contributed by atoms with E-state index in [0.29, 0.717) is 42.5 Å². The van der Waals surface area contributed by atoms with Crippen molar-refractivity contribution in [1.29, 1.82) is 0 Å². The monoisotopic (exact) mass is 462 g/mol. The van der Waals surface area contributed by atoms with Gasteiger partial charge in [-0.05, 0) is 56.4 Å². The number of aromatic nitrogens is 2. The number of nitrogens with one attached hydrogen (secondary N) is 2. The highest BCUT2D eigenvalue weighted by Crippen LogP contribution is 2.27. The van der Waals surface area contributed by atoms with Gasteiger partial charge < -0.3 is 19.5 Å². The second-order valence-corrected chi connectivity index (χ2v) is 7.98. The number of carbonyl (C=O) groups is 2. The Kier molecular flexibility index (Phi) is 8.78. The summed E-state index contributed by atoms with van der Waals surface area (Å²) in [6.45, 7) is 2.94. The summed E-state index contributed by atoms with van der Waals surface area (Å²) in [5.41, 5.74) is 1.30. The van der Waals surface area contributed by atoms with Crippen LogP contribution in [0.3, 0.4) is 0 Å². The lowest BCUT2D eigenvalue weighted by Crippen LogP contribution is -2.40. The lowest BCUT2D eigenvalue weighted by molar-refractivity contribution is -0.125. The van der Waals surface area contributed by atoms with E-state index in [1.165, 1.54) is 12.4 Å². The standard InChI is InChI=1S/C22H27ClN4O5/c1-14-11-17(5-8-19(14)32-22-24-12-16(23)13-25-22)26-21(29)27-20(28)15-3-6-18(7-4-15)31-10-9-30-2/h5,8,11-13,15,18H,3-4,6-7,9-10H2,1-2H3,(H2,26,27,28,29). The lowest BCUT2D eigenvalue weighted by Gasteiger charge is -2.27. The number of methoxy groups -OCH3 is 1. The van der Waals surface area contributed by atoms with E-state index in [1.807, 2.05) is 6.92 Å². The molecule has 0 unspecified atom stereocenters. The van der Waals surface area contributed by atoms with Gasteiger partial charge >= 0.3 is 12.0 Å². The number of benzene rings is 1. The van der Waals surface area contributed by atoms with E-state index in [4.69, 9.17) is 25.8 Å². The van der Waals surface area contributed by atoms with Crippen LogP contribution in [0, 0.1) is 12.8 Å². The van der Waals surface area contributed by atoms with Gasteiger partial charge in [0.05, 0.1) is 36.7 Å². The van der Waals surface area contributed by atoms with Crippen molar-refractivity contribution in [3.63, 3.8) is 0 Å². The van der Waals surface area contributed by atoms with Crippen LogP contribution in [0.25, 0.3) is 0 Å². The Hall–Kier alpha value is -2.75. The molecule has 172 valence electrons. The molecule has 1 heterocycles. The van der Waals surface area contributed by atoms with E-state index in [0.717, 1.165) is 18.4 Å². The summed E-state index contributed by atoms with van der Waals surface area (Å²) >= 11 is 5.77. The van der Waals surface area contributed by atoms with E-state index in [9.17, 15) is 9.59 Å². The fraction of sp³-hybridized carbons (Fsp3) is 0.455. The van der Waals surface area contributed by atoms with E-state index >= 15 is 0 Å². The Balaban J connectivity index is 1.46. The topological polar surface area (TPSA) is 112 Å². The predicted octanol–water partition coefficient (Wildman–Crippen LogP) is 4.10. The van der Waals surface area contributed by atoms with Crippen molar-refractivity contribution >= 4 is 29.2 Å². The number of aryl methyl sites for hydroxylation is 1. The first-order valence-electron chi connectivity index (χ1n) is 10.4. The van der Waals surface area contributed by atoms with Gasteiger partial charge in [-0.3, -0.25) is 10.1 Å². The molecule has 3 amide bonds. The molecule has 0 spiro atoms. The molecule has 10 heteroatoms. The van der Waals surface area contributed by atoms with Gasteiger partial charge in [0.15, 0.2) is 0 Å². The number of carbonyl (C=O) groups excluding carboxylic acids is 2. The number of imide groups is 1. The summed E-state index contributed by atoms with van der Waals surface area (Å²) < 4.78 is 16.3. The van der Waals surface area contributed by atoms with E-state index in [-0.39, 0.29) is 23.9 Å². The first kappa shape index (κ1) is 23.9. The molecule has 0 bridgehead atoms. The van der Waals surface area contributed by atoms with E-state index in [2.05, 4.69) is 20.6 Å². The zero-order valence-electron chi connectivity index (χ0n) is 18.1. The Bertz CT molecular complexity index is 917. The highest BCUT2D eigenvalue weighted by Gasteiger charge is 2.27. The van der Waals surface area contributed by atoms with E-state index < -0.39 is 6.03 Å². The molecular formula is C22H27ClN4O5. The van der Waals surface area contributed by atoms with Gasteiger partial charge in [-0.1, -0.05) is 11.6 Å². The van der Waals surface area contributed by atoms with E-state index in [1.54, 1.807) is 25.3 Å². The highest BCUT2D eigenvalue weighted by molar-refractivity contribution is 6.30. The first-order chi connectivity index (χ1) is 15.4. The fourth-order valence-electron chi connectivity index (χ4n) is 3.46. The van der Waals surface area contributed by atoms with Gasteiger partial charge in [0.25, 0.3) is 0 Å². The quantitative estimate of drug-likeness (QED) is 0.568. The normalized spacial score (nSPS) is 18.1. The Labute approximate surface area is 191 Å². The van der Waals surface area contributed by atoms with Gasteiger partial charge in [-0.2, -0.15) is 0 Å². The lowest BCUT2D eigenvalue weighted by atomic mass is 9.87. The number of ether oxygens (including phenoxy) is 3. The van der Waals surface area contributed by atoms with Crippen LogP contribution in [0.4, 0.5) is 10.5 Å². The van der Waals surface area contributed by atoms with Crippen molar-refractivity contribution in [2.24, 2.45) is 5.92 Å². The zero-order chi connectivity index (χ0) is 22.9. The molecule has 1 aromatic carbocycles. The van der Waals surface area contributed by atoms with Crippen molar-refractivity contribution in [1.82, 2.24) is 15.3 Å². The van der Waals surface area contributed by atoms with Gasteiger partial charge in [-0.15, -0.1) is 0 Å². The average molecular weight is 463 g/mol. The molecule has 9 nitrogen and oxygen atoms in total. The number of nitrogens with zero attached hydrogens (tertiary/aromatic N) is 2. The summed E-state index contributed by atoms with van der Waals surface area (Å²) in [7, 11) is 1.63. The number of urea groups is 1. The second-order valence-electron chi connectivity index (χ2n) is 7.55. The zero-order valence-corrected chi connectivity index (χ0v) is 18.9. The Morgan fingerprint density at radius 1 is 1.12 bits per heavy atom. The van der Waals surface area contributed by atoms with Gasteiger partial charge in [0, 0.05) is 18.7 Å². The minimum absolute atomic E-state index is 0.144. The molecule has 32 heavy (non-hydrogen) atoms. The Morgan fingerprint density at radius 3 is 2.50 bits per heavy atom. The van der Waals surface area contributed by atoms with Crippen molar-refractivity contribution in [2.45, 2.75) is 38.7 Å². The maximum absolute atomic E-state index is 12.4. The smallest absolute Gasteiger partial charge is 0.325 e. The molecule has 3 rings (SSSR count). The summed E-state index contributed by atoms with van der Waals surface area (Å²) in [5.74, 6) is 0.0770. The van der Waals surface area contributed by atoms with Crippen molar-refractivity contribution < 1.29 is 23.8 Å². The average Bonchev–Trinajstić information content (AvgIpc) is 2.77. The van der Waals surface area contributed by atoms with Crippen LogP contribution in [-0.4, -0.2) is 48.3 Å². The SMILES string of the molecule is COCCOC1CCC(C(=O)NC(=O)Nc2ccc(Oc3ncc(Cl)cn3)c(C)c2)CC1. The molecular weight excluding hydrogens is 436 g/mol. The molecule has 0 saturated heterocycles. The Morgan fingerprint density at radius 2 is 1.84 bits per heavy atom. The molecule has 2 aromatic rings. The molecule has 0 aliphatic heterocycles. The summed E-state index contributed by atoms with van der Waals surface area (Å²) in [6.07, 6.45) is 5.99. The summed E-state index contributed by atoms with van der Waals surface area (Å²) in [5, 5.41) is 5.53. The van der Waals surface area contributed by atoms with Gasteiger partial charge in [0.2, 0.25) is 5.91 Å². The third-order valence-corrected chi connectivity index (χ3v) is 5.35. The molecule has 1 aliphatic carbocycles. The highest BCUT2D eigenvalue weighted by atomic mass is 35.5. The maximum atomic E-state index is 12.4. The molecule has 0 atom stereocenters. The number of halogens is 1. The minimum Gasteiger partial charge on any atom is -0.424 e. The number of anilines is 1. The first-order valence-corrected chi connectivity index (χ1v) is 10.8. The molecule has 1 aromatic heterocycles. The van der Waals surface area contributed by atoms with Crippen molar-refractivity contribution in [3.05, 3.63) is 41.2 Å². The predicted molar refractivity (Wildman–Crippen MR) is 119 cm³/mol. The van der Waals surface area contributed by atoms with Crippen molar-refractivity contribution in [2.75, 3.05) is 25.6 Å². The molecule has 1 fully saturated rings. The van der Waals surface area contributed by atoms with Crippen LogP contribution < -0.4 is 15.4 Å². The third kappa shape index (κ3) is 7.15. The molecule has 2 N–H and O–H groups in total. The van der Waals surface area contributed by atoms with Crippen molar-refractivity contribution in [3.8, 4) is 11.8 Å². The number of amides is 3. The second kappa shape index (κ2) is 11.8. The van der Waals surface area contributed by atoms with Crippen LogP contribution in [-0.2, 0) is 14.3 Å². The number of hydrogen-bond donors (Lipinski definition) is 2. The van der Waals surface area contributed by atoms with Gasteiger partial charge in [0.1, 0.15) is 5.75 Å². The molecule has 0 radical (unpaired) electrons. The van der Waals surface area contributed by atoms with Crippen LogP contribution in [0.1, 0.15) is 31.2 Å². The minimum atomic E-state index is -0.567. The third-order valence-electron chi connectivity index (χ3n) is 5.15. The molecule has 1 saturated carbocycles. The number of rotatable bonds is 8. The van der Waals surface area contributed by atoms with Crippen LogP contribution in [0.5, 0.6) is 11.8 Å². The van der Waals surface area contributed by atoms with Crippen LogP contribution >= 0.6 is 11.6 Å².